The van der Waals surface area contributed by atoms with Crippen LogP contribution in [0.3, 0.4) is 0 Å². The first-order valence-electron chi connectivity index (χ1n) is 9.54. The fourth-order valence-corrected chi connectivity index (χ4v) is 4.30. The van der Waals surface area contributed by atoms with E-state index in [9.17, 15) is 14.6 Å². The van der Waals surface area contributed by atoms with E-state index in [1.807, 2.05) is 6.07 Å². The van der Waals surface area contributed by atoms with E-state index in [1.165, 1.54) is 29.7 Å². The van der Waals surface area contributed by atoms with Gasteiger partial charge < -0.3 is 15.1 Å². The van der Waals surface area contributed by atoms with Crippen LogP contribution < -0.4 is 0 Å². The highest BCUT2D eigenvalue weighted by atomic mass is 19.1. The lowest BCUT2D eigenvalue weighted by atomic mass is 9.84. The molecule has 138 valence electrons. The zero-order valence-electron chi connectivity index (χ0n) is 15.0. The van der Waals surface area contributed by atoms with E-state index >= 15 is 0 Å². The van der Waals surface area contributed by atoms with Crippen molar-refractivity contribution in [2.24, 2.45) is 0 Å². The highest BCUT2D eigenvalue weighted by molar-refractivity contribution is 5.36. The van der Waals surface area contributed by atoms with Crippen LogP contribution in [0, 0.1) is 5.82 Å². The van der Waals surface area contributed by atoms with Crippen LogP contribution >= 0.6 is 0 Å². The van der Waals surface area contributed by atoms with Crippen molar-refractivity contribution in [3.63, 3.8) is 0 Å². The van der Waals surface area contributed by atoms with Gasteiger partial charge in [0.1, 0.15) is 5.82 Å². The summed E-state index contributed by atoms with van der Waals surface area (Å²) in [5.41, 5.74) is 3.67. The van der Waals surface area contributed by atoms with E-state index in [2.05, 4.69) is 17.0 Å². The Morgan fingerprint density at radius 2 is 1.69 bits per heavy atom. The Balaban J connectivity index is 1.37. The van der Waals surface area contributed by atoms with Crippen LogP contribution in [0.25, 0.3) is 0 Å². The summed E-state index contributed by atoms with van der Waals surface area (Å²) in [6, 6.07) is 12.5. The fraction of sp³-hybridized carbons (Fsp3) is 0.455. The third kappa shape index (κ3) is 3.54. The van der Waals surface area contributed by atoms with Crippen LogP contribution in [0.15, 0.2) is 42.5 Å². The van der Waals surface area contributed by atoms with E-state index in [0.29, 0.717) is 19.4 Å². The molecule has 1 atom stereocenters. The number of nitrogens with zero attached hydrogens (tertiary/aromatic N) is 1. The number of likely N-dealkylation sites (tertiary alicyclic amines) is 1. The Bertz CT molecular complexity index is 766. The third-order valence-corrected chi connectivity index (χ3v) is 6.00. The molecule has 3 nitrogen and oxygen atoms in total. The van der Waals surface area contributed by atoms with Crippen LogP contribution in [-0.4, -0.2) is 34.7 Å². The number of β-amino-alcohol motifs (C(OH)–C–C–N with tert-alkyl or cyclic N) is 1. The second kappa shape index (κ2) is 7.10. The minimum atomic E-state index is -0.900. The molecule has 1 unspecified atom stereocenters. The molecule has 0 bridgehead atoms. The second-order valence-corrected chi connectivity index (χ2v) is 7.74. The van der Waals surface area contributed by atoms with Gasteiger partial charge in [-0.05, 0) is 66.5 Å². The Hall–Kier alpha value is -1.75. The quantitative estimate of drug-likeness (QED) is 0.884. The molecule has 2 aliphatic rings. The number of halogens is 1. The standard InChI is InChI=1S/C22H26FNO2/c23-20-8-6-19(7-9-20)22(26)10-12-24(13-11-22)15-21(25)18-5-4-16-2-1-3-17(16)14-18/h4-9,14,21,25-26H,1-3,10-13,15H2. The Kier molecular flexibility index (Phi) is 4.82. The van der Waals surface area contributed by atoms with Gasteiger partial charge in [0.15, 0.2) is 0 Å². The molecule has 0 amide bonds. The van der Waals surface area contributed by atoms with E-state index in [-0.39, 0.29) is 5.82 Å². The highest BCUT2D eigenvalue weighted by Crippen LogP contribution is 2.33. The maximum absolute atomic E-state index is 13.1. The summed E-state index contributed by atoms with van der Waals surface area (Å²) in [6.45, 7) is 2.02. The monoisotopic (exact) mass is 355 g/mol. The van der Waals surface area contributed by atoms with E-state index < -0.39 is 11.7 Å². The van der Waals surface area contributed by atoms with Crippen LogP contribution in [-0.2, 0) is 18.4 Å². The molecule has 1 heterocycles. The summed E-state index contributed by atoms with van der Waals surface area (Å²) in [5.74, 6) is -0.285. The molecule has 4 heteroatoms. The number of rotatable bonds is 4. The molecular weight excluding hydrogens is 329 g/mol. The lowest BCUT2D eigenvalue weighted by Crippen LogP contribution is -2.44. The van der Waals surface area contributed by atoms with Crippen molar-refractivity contribution in [1.82, 2.24) is 4.90 Å². The Morgan fingerprint density at radius 3 is 2.42 bits per heavy atom. The fourth-order valence-electron chi connectivity index (χ4n) is 4.30. The molecule has 1 fully saturated rings. The molecule has 1 aliphatic heterocycles. The van der Waals surface area contributed by atoms with Gasteiger partial charge in [0.25, 0.3) is 0 Å². The lowest BCUT2D eigenvalue weighted by molar-refractivity contribution is -0.0345. The van der Waals surface area contributed by atoms with Gasteiger partial charge >= 0.3 is 0 Å². The minimum Gasteiger partial charge on any atom is -0.387 e. The molecule has 1 aliphatic carbocycles. The van der Waals surface area contributed by atoms with Crippen molar-refractivity contribution in [2.75, 3.05) is 19.6 Å². The van der Waals surface area contributed by atoms with Gasteiger partial charge in [0, 0.05) is 19.6 Å². The molecule has 0 spiro atoms. The van der Waals surface area contributed by atoms with Crippen LogP contribution in [0.5, 0.6) is 0 Å². The van der Waals surface area contributed by atoms with Crippen LogP contribution in [0.4, 0.5) is 4.39 Å². The number of hydrogen-bond donors (Lipinski definition) is 2. The van der Waals surface area contributed by atoms with Crippen molar-refractivity contribution in [3.8, 4) is 0 Å². The van der Waals surface area contributed by atoms with Crippen LogP contribution in [0.1, 0.15) is 47.6 Å². The van der Waals surface area contributed by atoms with E-state index in [4.69, 9.17) is 0 Å². The summed E-state index contributed by atoms with van der Waals surface area (Å²) in [4.78, 5) is 2.20. The molecule has 1 saturated heterocycles. The topological polar surface area (TPSA) is 43.7 Å². The minimum absolute atomic E-state index is 0.285. The summed E-state index contributed by atoms with van der Waals surface area (Å²) < 4.78 is 13.1. The van der Waals surface area contributed by atoms with Crippen molar-refractivity contribution >= 4 is 0 Å². The van der Waals surface area contributed by atoms with Gasteiger partial charge in [-0.15, -0.1) is 0 Å². The van der Waals surface area contributed by atoms with E-state index in [0.717, 1.165) is 37.1 Å². The smallest absolute Gasteiger partial charge is 0.123 e. The molecule has 0 radical (unpaired) electrons. The van der Waals surface area contributed by atoms with Gasteiger partial charge in [0.05, 0.1) is 11.7 Å². The molecular formula is C22H26FNO2. The van der Waals surface area contributed by atoms with E-state index in [1.54, 1.807) is 12.1 Å². The van der Waals surface area contributed by atoms with Crippen molar-refractivity contribution < 1.29 is 14.6 Å². The van der Waals surface area contributed by atoms with Crippen molar-refractivity contribution in [1.29, 1.82) is 0 Å². The number of aliphatic hydroxyl groups is 2. The predicted octanol–water partition coefficient (Wildman–Crippen LogP) is 3.33. The first-order valence-corrected chi connectivity index (χ1v) is 9.54. The number of aliphatic hydroxyl groups excluding tert-OH is 1. The summed E-state index contributed by atoms with van der Waals surface area (Å²) in [7, 11) is 0. The number of hydrogen-bond acceptors (Lipinski definition) is 3. The maximum atomic E-state index is 13.1. The Labute approximate surface area is 154 Å². The van der Waals surface area contributed by atoms with Gasteiger partial charge in [-0.1, -0.05) is 30.3 Å². The van der Waals surface area contributed by atoms with Crippen molar-refractivity contribution in [2.45, 2.75) is 43.8 Å². The van der Waals surface area contributed by atoms with Gasteiger partial charge in [-0.3, -0.25) is 0 Å². The average molecular weight is 355 g/mol. The predicted molar refractivity (Wildman–Crippen MR) is 99.4 cm³/mol. The first-order chi connectivity index (χ1) is 12.5. The largest absolute Gasteiger partial charge is 0.387 e. The molecule has 2 aromatic carbocycles. The summed E-state index contributed by atoms with van der Waals surface area (Å²) in [5, 5.41) is 21.5. The van der Waals surface area contributed by atoms with Crippen molar-refractivity contribution in [3.05, 3.63) is 70.5 Å². The molecule has 2 aromatic rings. The second-order valence-electron chi connectivity index (χ2n) is 7.74. The molecule has 0 aromatic heterocycles. The zero-order valence-corrected chi connectivity index (χ0v) is 15.0. The number of aryl methyl sites for hydroxylation is 2. The zero-order chi connectivity index (χ0) is 18.1. The maximum Gasteiger partial charge on any atom is 0.123 e. The summed E-state index contributed by atoms with van der Waals surface area (Å²) >= 11 is 0. The SMILES string of the molecule is OC(CN1CCC(O)(c2ccc(F)cc2)CC1)c1ccc2c(c1)CCC2. The molecule has 0 saturated carbocycles. The lowest BCUT2D eigenvalue weighted by Gasteiger charge is -2.39. The normalized spacial score (nSPS) is 20.7. The highest BCUT2D eigenvalue weighted by Gasteiger charge is 2.34. The average Bonchev–Trinajstić information content (AvgIpc) is 3.12. The van der Waals surface area contributed by atoms with Gasteiger partial charge in [-0.25, -0.2) is 4.39 Å². The first kappa shape index (κ1) is 17.7. The number of fused-ring (bicyclic) bond motifs is 1. The van der Waals surface area contributed by atoms with Gasteiger partial charge in [0.2, 0.25) is 0 Å². The summed E-state index contributed by atoms with van der Waals surface area (Å²) in [6.07, 6.45) is 4.16. The molecule has 2 N–H and O–H groups in total. The van der Waals surface area contributed by atoms with Crippen LogP contribution in [0.2, 0.25) is 0 Å². The van der Waals surface area contributed by atoms with Gasteiger partial charge in [-0.2, -0.15) is 0 Å². The number of benzene rings is 2. The molecule has 4 rings (SSSR count). The number of piperidine rings is 1. The Morgan fingerprint density at radius 1 is 1.00 bits per heavy atom. The third-order valence-electron chi connectivity index (χ3n) is 6.00. The molecule has 26 heavy (non-hydrogen) atoms.